The lowest BCUT2D eigenvalue weighted by Crippen LogP contribution is -2.22. The van der Waals surface area contributed by atoms with Crippen molar-refractivity contribution in [3.63, 3.8) is 0 Å². The average molecular weight is 356 g/mol. The molecular weight excluding hydrogens is 336 g/mol. The summed E-state index contributed by atoms with van der Waals surface area (Å²) in [5.74, 6) is 0. The highest BCUT2D eigenvalue weighted by atomic mass is 32.2. The van der Waals surface area contributed by atoms with Crippen molar-refractivity contribution in [3.05, 3.63) is 120 Å². The second kappa shape index (κ2) is 6.89. The first-order chi connectivity index (χ1) is 12.7. The van der Waals surface area contributed by atoms with E-state index in [0.29, 0.717) is 0 Å². The number of allylic oxidation sites excluding steroid dienone is 2. The van der Waals surface area contributed by atoms with E-state index < -0.39 is 10.8 Å². The molecule has 0 N–H and O–H groups in total. The molecule has 4 rings (SSSR count). The zero-order valence-electron chi connectivity index (χ0n) is 14.6. The van der Waals surface area contributed by atoms with Crippen molar-refractivity contribution in [2.24, 2.45) is 0 Å². The van der Waals surface area contributed by atoms with Gasteiger partial charge in [-0.05, 0) is 23.6 Å². The topological polar surface area (TPSA) is 17.1 Å². The van der Waals surface area contributed by atoms with Gasteiger partial charge in [0.1, 0.15) is 0 Å². The normalized spacial score (nSPS) is 22.4. The first kappa shape index (κ1) is 16.7. The van der Waals surface area contributed by atoms with Crippen LogP contribution in [-0.2, 0) is 16.2 Å². The van der Waals surface area contributed by atoms with Crippen LogP contribution in [0.5, 0.6) is 0 Å². The van der Waals surface area contributed by atoms with E-state index in [1.165, 1.54) is 5.56 Å². The Kier molecular flexibility index (Phi) is 4.44. The van der Waals surface area contributed by atoms with Crippen LogP contribution in [-0.4, -0.2) is 4.21 Å². The van der Waals surface area contributed by atoms with Crippen molar-refractivity contribution in [3.8, 4) is 0 Å². The summed E-state index contributed by atoms with van der Waals surface area (Å²) >= 11 is 0. The molecule has 128 valence electrons. The molecule has 0 bridgehead atoms. The Hall–Kier alpha value is -2.71. The third-order valence-electron chi connectivity index (χ3n) is 4.77. The fraction of sp³-hybridized carbons (Fsp3) is 0.0833. The van der Waals surface area contributed by atoms with E-state index >= 15 is 0 Å². The van der Waals surface area contributed by atoms with E-state index in [1.54, 1.807) is 0 Å². The third kappa shape index (κ3) is 3.09. The number of hydrogen-bond donors (Lipinski definition) is 0. The van der Waals surface area contributed by atoms with Gasteiger partial charge in [-0.15, -0.1) is 0 Å². The van der Waals surface area contributed by atoms with Crippen molar-refractivity contribution in [1.82, 2.24) is 0 Å². The maximum absolute atomic E-state index is 13.4. The minimum Gasteiger partial charge on any atom is -0.249 e. The monoisotopic (exact) mass is 356 g/mol. The molecule has 3 aromatic rings. The van der Waals surface area contributed by atoms with Gasteiger partial charge < -0.3 is 0 Å². The van der Waals surface area contributed by atoms with Gasteiger partial charge in [-0.1, -0.05) is 103 Å². The van der Waals surface area contributed by atoms with Gasteiger partial charge in [0.2, 0.25) is 0 Å². The molecule has 26 heavy (non-hydrogen) atoms. The third-order valence-corrected chi connectivity index (χ3v) is 6.28. The molecule has 0 saturated carbocycles. The van der Waals surface area contributed by atoms with E-state index in [2.05, 4.69) is 43.3 Å². The molecule has 0 amide bonds. The van der Waals surface area contributed by atoms with Crippen molar-refractivity contribution < 1.29 is 4.21 Å². The molecule has 1 heterocycles. The zero-order valence-corrected chi connectivity index (χ0v) is 15.4. The van der Waals surface area contributed by atoms with Crippen LogP contribution in [0.3, 0.4) is 0 Å². The van der Waals surface area contributed by atoms with Gasteiger partial charge in [-0.2, -0.15) is 0 Å². The summed E-state index contributed by atoms with van der Waals surface area (Å²) in [5.41, 5.74) is 2.90. The molecule has 1 aliphatic rings. The number of benzene rings is 3. The second-order valence-corrected chi connectivity index (χ2v) is 8.08. The summed E-state index contributed by atoms with van der Waals surface area (Å²) in [6.07, 6.45) is 4.31. The van der Waals surface area contributed by atoms with E-state index in [9.17, 15) is 4.21 Å². The molecule has 3 aromatic carbocycles. The Morgan fingerprint density at radius 2 is 1.00 bits per heavy atom. The Morgan fingerprint density at radius 3 is 1.42 bits per heavy atom. The Morgan fingerprint density at radius 1 is 0.615 bits per heavy atom. The smallest absolute Gasteiger partial charge is 0.0856 e. The predicted octanol–water partition coefficient (Wildman–Crippen LogP) is 5.79. The molecule has 1 nitrogen and oxygen atoms in total. The maximum atomic E-state index is 13.4. The van der Waals surface area contributed by atoms with Crippen molar-refractivity contribution in [2.45, 2.75) is 12.3 Å². The van der Waals surface area contributed by atoms with Crippen LogP contribution >= 0.6 is 0 Å². The SMILES string of the molecule is CC1(c2ccccc2)C=C(c2ccccc2)S(=O)C(c2ccccc2)=C1. The van der Waals surface area contributed by atoms with Crippen molar-refractivity contribution in [1.29, 1.82) is 0 Å². The van der Waals surface area contributed by atoms with Crippen LogP contribution in [0.1, 0.15) is 23.6 Å². The van der Waals surface area contributed by atoms with Gasteiger partial charge >= 0.3 is 0 Å². The number of hydrogen-bond acceptors (Lipinski definition) is 1. The predicted molar refractivity (Wildman–Crippen MR) is 111 cm³/mol. The van der Waals surface area contributed by atoms with Crippen LogP contribution in [0.25, 0.3) is 9.81 Å². The fourth-order valence-corrected chi connectivity index (χ4v) is 5.00. The van der Waals surface area contributed by atoms with Crippen molar-refractivity contribution in [2.75, 3.05) is 0 Å². The van der Waals surface area contributed by atoms with Gasteiger partial charge in [-0.25, -0.2) is 4.21 Å². The quantitative estimate of drug-likeness (QED) is 0.580. The Labute approximate surface area is 157 Å². The van der Waals surface area contributed by atoms with Crippen molar-refractivity contribution >= 4 is 20.6 Å². The maximum Gasteiger partial charge on any atom is 0.0856 e. The highest BCUT2D eigenvalue weighted by molar-refractivity contribution is 8.03. The van der Waals surface area contributed by atoms with Crippen LogP contribution in [0.4, 0.5) is 0 Å². The molecule has 0 spiro atoms. The molecule has 0 unspecified atom stereocenters. The summed E-state index contributed by atoms with van der Waals surface area (Å²) in [7, 11) is -1.22. The van der Waals surface area contributed by atoms with E-state index in [4.69, 9.17) is 0 Å². The van der Waals surface area contributed by atoms with E-state index in [-0.39, 0.29) is 5.41 Å². The first-order valence-electron chi connectivity index (χ1n) is 8.71. The van der Waals surface area contributed by atoms with Gasteiger partial charge in [0, 0.05) is 15.2 Å². The van der Waals surface area contributed by atoms with E-state index in [1.807, 2.05) is 66.7 Å². The van der Waals surface area contributed by atoms with Gasteiger partial charge in [0.05, 0.1) is 10.8 Å². The molecule has 0 aromatic heterocycles. The lowest BCUT2D eigenvalue weighted by atomic mass is 9.80. The van der Waals surface area contributed by atoms with Crippen LogP contribution in [0.2, 0.25) is 0 Å². The highest BCUT2D eigenvalue weighted by Crippen LogP contribution is 2.42. The van der Waals surface area contributed by atoms with Gasteiger partial charge in [-0.3, -0.25) is 0 Å². The summed E-state index contributed by atoms with van der Waals surface area (Å²) < 4.78 is 13.4. The summed E-state index contributed by atoms with van der Waals surface area (Å²) in [6.45, 7) is 2.19. The Balaban J connectivity index is 1.92. The average Bonchev–Trinajstić information content (AvgIpc) is 2.71. The lowest BCUT2D eigenvalue weighted by molar-refractivity contribution is 0.691. The van der Waals surface area contributed by atoms with Crippen LogP contribution in [0, 0.1) is 0 Å². The largest absolute Gasteiger partial charge is 0.249 e. The standard InChI is InChI=1S/C24H20OS/c1-24(21-15-9-4-10-16-21)17-22(19-11-5-2-6-12-19)26(25)23(18-24)20-13-7-3-8-14-20/h2-18H,1H3. The lowest BCUT2D eigenvalue weighted by Gasteiger charge is -2.30. The first-order valence-corrected chi connectivity index (χ1v) is 9.86. The van der Waals surface area contributed by atoms with Crippen LogP contribution in [0.15, 0.2) is 103 Å². The Bertz CT molecular complexity index is 927. The van der Waals surface area contributed by atoms with Crippen LogP contribution < -0.4 is 0 Å². The van der Waals surface area contributed by atoms with E-state index in [0.717, 1.165) is 20.9 Å². The molecule has 1 aliphatic heterocycles. The molecule has 2 heteroatoms. The minimum absolute atomic E-state index is 0.314. The number of rotatable bonds is 3. The summed E-state index contributed by atoms with van der Waals surface area (Å²) in [5, 5.41) is 0. The minimum atomic E-state index is -1.22. The molecule has 0 radical (unpaired) electrons. The molecule has 0 aliphatic carbocycles. The summed E-state index contributed by atoms with van der Waals surface area (Å²) in [6, 6.07) is 30.5. The fourth-order valence-electron chi connectivity index (χ4n) is 3.36. The second-order valence-electron chi connectivity index (χ2n) is 6.67. The molecule has 0 fully saturated rings. The molecule has 0 saturated heterocycles. The highest BCUT2D eigenvalue weighted by Gasteiger charge is 2.32. The molecule has 0 atom stereocenters. The zero-order chi connectivity index (χ0) is 18.0. The van der Waals surface area contributed by atoms with Gasteiger partial charge in [0.25, 0.3) is 0 Å². The van der Waals surface area contributed by atoms with Gasteiger partial charge in [0.15, 0.2) is 0 Å². The molecular formula is C24H20OS. The summed E-state index contributed by atoms with van der Waals surface area (Å²) in [4.78, 5) is 1.75.